The zero-order chi connectivity index (χ0) is 11.4. The minimum absolute atomic E-state index is 0.321. The van der Waals surface area contributed by atoms with E-state index in [4.69, 9.17) is 5.73 Å². The highest BCUT2D eigenvalue weighted by Crippen LogP contribution is 2.20. The molecular weight excluding hydrogens is 186 g/mol. The molecule has 15 heavy (non-hydrogen) atoms. The van der Waals surface area contributed by atoms with Crippen LogP contribution in [-0.2, 0) is 0 Å². The molecule has 1 heterocycles. The normalized spacial score (nSPS) is 12.9. The molecular formula is C12H21N3. The Kier molecular flexibility index (Phi) is 4.24. The number of hydrogen-bond acceptors (Lipinski definition) is 3. The molecule has 0 saturated heterocycles. The quantitative estimate of drug-likeness (QED) is 0.788. The first kappa shape index (κ1) is 12.1. The summed E-state index contributed by atoms with van der Waals surface area (Å²) in [6, 6.07) is 2.45. The summed E-state index contributed by atoms with van der Waals surface area (Å²) in [6.45, 7) is 9.90. The van der Waals surface area contributed by atoms with E-state index in [-0.39, 0.29) is 0 Å². The van der Waals surface area contributed by atoms with Gasteiger partial charge in [-0.1, -0.05) is 0 Å². The Labute approximate surface area is 92.1 Å². The minimum Gasteiger partial charge on any atom is -0.329 e. The Bertz CT molecular complexity index is 311. The molecule has 0 spiro atoms. The maximum Gasteiger partial charge on any atom is 0.0426 e. The number of rotatable bonds is 4. The lowest BCUT2D eigenvalue weighted by Crippen LogP contribution is -2.26. The molecule has 0 fully saturated rings. The van der Waals surface area contributed by atoms with Gasteiger partial charge in [0.15, 0.2) is 0 Å². The van der Waals surface area contributed by atoms with E-state index in [1.807, 2.05) is 6.92 Å². The van der Waals surface area contributed by atoms with Crippen LogP contribution in [0, 0.1) is 20.8 Å². The van der Waals surface area contributed by atoms with Crippen LogP contribution in [0.5, 0.6) is 0 Å². The Hall–Kier alpha value is -0.930. The predicted molar refractivity (Wildman–Crippen MR) is 63.9 cm³/mol. The molecule has 0 aliphatic heterocycles. The van der Waals surface area contributed by atoms with Gasteiger partial charge in [-0.3, -0.25) is 4.98 Å². The highest BCUT2D eigenvalue weighted by Gasteiger charge is 2.11. The summed E-state index contributed by atoms with van der Waals surface area (Å²) < 4.78 is 0. The molecule has 0 saturated carbocycles. The second kappa shape index (κ2) is 5.24. The number of nitrogens with two attached hydrogens (primary N) is 1. The molecule has 84 valence electrons. The fraction of sp³-hybridized carbons (Fsp3) is 0.583. The van der Waals surface area contributed by atoms with Crippen LogP contribution in [-0.4, -0.2) is 18.1 Å². The number of pyridine rings is 1. The van der Waals surface area contributed by atoms with Gasteiger partial charge in [0.2, 0.25) is 0 Å². The van der Waals surface area contributed by atoms with E-state index in [1.54, 1.807) is 0 Å². The smallest absolute Gasteiger partial charge is 0.0426 e. The van der Waals surface area contributed by atoms with Gasteiger partial charge >= 0.3 is 0 Å². The Balaban J connectivity index is 2.92. The van der Waals surface area contributed by atoms with Crippen LogP contribution in [0.3, 0.4) is 0 Å². The molecule has 0 bridgehead atoms. The third-order valence-corrected chi connectivity index (χ3v) is 2.61. The predicted octanol–water partition coefficient (Wildman–Crippen LogP) is 1.62. The van der Waals surface area contributed by atoms with Crippen molar-refractivity contribution >= 4 is 0 Å². The van der Waals surface area contributed by atoms with Crippen LogP contribution in [0.2, 0.25) is 0 Å². The third-order valence-electron chi connectivity index (χ3n) is 2.61. The van der Waals surface area contributed by atoms with E-state index in [2.05, 4.69) is 37.1 Å². The number of aromatic nitrogens is 1. The van der Waals surface area contributed by atoms with Crippen LogP contribution < -0.4 is 11.1 Å². The second-order valence-corrected chi connectivity index (χ2v) is 4.04. The molecule has 3 heteroatoms. The fourth-order valence-electron chi connectivity index (χ4n) is 2.09. The number of nitrogens with zero attached hydrogens (tertiary/aromatic N) is 1. The van der Waals surface area contributed by atoms with Crippen molar-refractivity contribution in [3.63, 3.8) is 0 Å². The van der Waals surface area contributed by atoms with E-state index >= 15 is 0 Å². The molecule has 0 radical (unpaired) electrons. The van der Waals surface area contributed by atoms with Gasteiger partial charge in [-0.05, 0) is 44.9 Å². The highest BCUT2D eigenvalue weighted by molar-refractivity contribution is 5.33. The number of hydrogen-bond donors (Lipinski definition) is 2. The van der Waals surface area contributed by atoms with Crippen molar-refractivity contribution in [1.29, 1.82) is 0 Å². The van der Waals surface area contributed by atoms with E-state index in [0.29, 0.717) is 12.6 Å². The lowest BCUT2D eigenvalue weighted by molar-refractivity contribution is 0.574. The van der Waals surface area contributed by atoms with Crippen LogP contribution in [0.15, 0.2) is 6.07 Å². The van der Waals surface area contributed by atoms with Gasteiger partial charge in [0.05, 0.1) is 0 Å². The van der Waals surface area contributed by atoms with E-state index in [1.165, 1.54) is 11.1 Å². The average molecular weight is 207 g/mol. The summed E-state index contributed by atoms with van der Waals surface area (Å²) in [6.07, 6.45) is 0. The van der Waals surface area contributed by atoms with Crippen LogP contribution in [0.1, 0.15) is 35.5 Å². The Morgan fingerprint density at radius 1 is 1.40 bits per heavy atom. The van der Waals surface area contributed by atoms with Gasteiger partial charge < -0.3 is 11.1 Å². The summed E-state index contributed by atoms with van der Waals surface area (Å²) in [4.78, 5) is 4.49. The summed E-state index contributed by atoms with van der Waals surface area (Å²) in [5, 5.41) is 3.38. The van der Waals surface area contributed by atoms with Gasteiger partial charge in [0.25, 0.3) is 0 Å². The standard InChI is InChI=1S/C12H21N3/c1-8-7-9(2)15-11(4)12(8)10(3)14-6-5-13/h7,10,14H,5-6,13H2,1-4H3. The summed E-state index contributed by atoms with van der Waals surface area (Å²) in [5.74, 6) is 0. The van der Waals surface area contributed by atoms with Gasteiger partial charge in [-0.25, -0.2) is 0 Å². The first-order valence-electron chi connectivity index (χ1n) is 5.44. The largest absolute Gasteiger partial charge is 0.329 e. The van der Waals surface area contributed by atoms with Crippen molar-refractivity contribution in [1.82, 2.24) is 10.3 Å². The van der Waals surface area contributed by atoms with Crippen LogP contribution in [0.25, 0.3) is 0 Å². The first-order chi connectivity index (χ1) is 7.06. The fourth-order valence-corrected chi connectivity index (χ4v) is 2.09. The van der Waals surface area contributed by atoms with Crippen molar-refractivity contribution in [2.45, 2.75) is 33.7 Å². The Morgan fingerprint density at radius 2 is 2.07 bits per heavy atom. The lowest BCUT2D eigenvalue weighted by Gasteiger charge is -2.18. The zero-order valence-corrected chi connectivity index (χ0v) is 10.1. The molecule has 1 aromatic rings. The van der Waals surface area contributed by atoms with Gasteiger partial charge in [0, 0.05) is 30.5 Å². The van der Waals surface area contributed by atoms with Gasteiger partial charge in [-0.2, -0.15) is 0 Å². The molecule has 1 rings (SSSR count). The lowest BCUT2D eigenvalue weighted by atomic mass is 10.0. The van der Waals surface area contributed by atoms with E-state index in [0.717, 1.165) is 17.9 Å². The van der Waals surface area contributed by atoms with Crippen molar-refractivity contribution in [2.75, 3.05) is 13.1 Å². The summed E-state index contributed by atoms with van der Waals surface area (Å²) in [7, 11) is 0. The van der Waals surface area contributed by atoms with Gasteiger partial charge in [0.1, 0.15) is 0 Å². The summed E-state index contributed by atoms with van der Waals surface area (Å²) >= 11 is 0. The third kappa shape index (κ3) is 3.01. The monoisotopic (exact) mass is 207 g/mol. The first-order valence-corrected chi connectivity index (χ1v) is 5.44. The highest BCUT2D eigenvalue weighted by atomic mass is 14.9. The summed E-state index contributed by atoms with van der Waals surface area (Å²) in [5.41, 5.74) is 10.3. The zero-order valence-electron chi connectivity index (χ0n) is 10.1. The SMILES string of the molecule is Cc1cc(C)c(C(C)NCCN)c(C)n1. The van der Waals surface area contributed by atoms with Crippen LogP contribution >= 0.6 is 0 Å². The molecule has 0 aromatic carbocycles. The molecule has 1 atom stereocenters. The van der Waals surface area contributed by atoms with Crippen molar-refractivity contribution in [2.24, 2.45) is 5.73 Å². The van der Waals surface area contributed by atoms with Gasteiger partial charge in [-0.15, -0.1) is 0 Å². The molecule has 3 nitrogen and oxygen atoms in total. The molecule has 1 unspecified atom stereocenters. The molecule has 1 aromatic heterocycles. The average Bonchev–Trinajstić information content (AvgIpc) is 2.12. The molecule has 3 N–H and O–H groups in total. The van der Waals surface area contributed by atoms with Crippen molar-refractivity contribution in [3.05, 3.63) is 28.6 Å². The topological polar surface area (TPSA) is 50.9 Å². The maximum atomic E-state index is 5.48. The number of nitrogens with one attached hydrogen (secondary N) is 1. The molecule has 0 aliphatic carbocycles. The van der Waals surface area contributed by atoms with Crippen molar-refractivity contribution < 1.29 is 0 Å². The molecule has 0 amide bonds. The minimum atomic E-state index is 0.321. The van der Waals surface area contributed by atoms with E-state index in [9.17, 15) is 0 Å². The Morgan fingerprint density at radius 3 is 2.60 bits per heavy atom. The van der Waals surface area contributed by atoms with Crippen LogP contribution in [0.4, 0.5) is 0 Å². The molecule has 0 aliphatic rings. The second-order valence-electron chi connectivity index (χ2n) is 4.04. The maximum absolute atomic E-state index is 5.48. The van der Waals surface area contributed by atoms with Crippen molar-refractivity contribution in [3.8, 4) is 0 Å². The van der Waals surface area contributed by atoms with E-state index < -0.39 is 0 Å². The number of aryl methyl sites for hydroxylation is 3.